The predicted molar refractivity (Wildman–Crippen MR) is 211 cm³/mol. The molecule has 6 rings (SSSR count). The van der Waals surface area contributed by atoms with Gasteiger partial charge in [0.1, 0.15) is 14.9 Å². The summed E-state index contributed by atoms with van der Waals surface area (Å²) in [4.78, 5) is 51.1. The number of aromatic amines is 1. The number of nitrogens with zero attached hydrogens (tertiary/aromatic N) is 3. The number of aromatic nitrogens is 4. The largest absolute Gasteiger partial charge is 0.393 e. The van der Waals surface area contributed by atoms with Crippen molar-refractivity contribution in [3.8, 4) is 0 Å². The van der Waals surface area contributed by atoms with E-state index in [0.29, 0.717) is 0 Å². The average Bonchev–Trinajstić information content (AvgIpc) is 3.69. The van der Waals surface area contributed by atoms with Crippen LogP contribution in [-0.4, -0.2) is 83.2 Å². The van der Waals surface area contributed by atoms with Crippen molar-refractivity contribution in [3.05, 3.63) is 124 Å². The number of carbonyl (C=O) groups excluding carboxylic acids is 1. The quantitative estimate of drug-likeness (QED) is 0.0472. The van der Waals surface area contributed by atoms with E-state index in [9.17, 15) is 14.7 Å². The number of aliphatic hydroxyl groups excluding tert-OH is 1. The third kappa shape index (κ3) is 6.07. The standard InChI is InChI=1S/C41H51N5O8Si/c1-27(2)34(48)44-36-43-33-32(35(49)45-36)42-26-46(33)41(55(8)9)40(53-37(3,4)5,39(50-6,54-51-7)31(25-47)52-41)38(28-19-13-10-14-20-28,29-21-15-11-16-22-29)30-23-17-12-18-24-30/h10-24,26-27,31,47,55H,25H2,1-9H3,(H2,43,44,45,48,49)/t31-,39-,40-,41+/m1/s1. The summed E-state index contributed by atoms with van der Waals surface area (Å²) in [5.74, 6) is -2.88. The Morgan fingerprint density at radius 1 is 0.964 bits per heavy atom. The first kappa shape index (κ1) is 40.1. The molecule has 55 heavy (non-hydrogen) atoms. The number of fused-ring (bicyclic) bond motifs is 1. The Bertz CT molecular complexity index is 2060. The van der Waals surface area contributed by atoms with Gasteiger partial charge in [0.2, 0.25) is 11.9 Å². The number of amides is 1. The highest BCUT2D eigenvalue weighted by Crippen LogP contribution is 2.68. The van der Waals surface area contributed by atoms with E-state index in [2.05, 4.69) is 28.4 Å². The monoisotopic (exact) mass is 769 g/mol. The van der Waals surface area contributed by atoms with Gasteiger partial charge in [0, 0.05) is 13.0 Å². The van der Waals surface area contributed by atoms with Crippen LogP contribution in [0.4, 0.5) is 5.95 Å². The molecule has 3 heterocycles. The summed E-state index contributed by atoms with van der Waals surface area (Å²) >= 11 is 0. The van der Waals surface area contributed by atoms with Crippen molar-refractivity contribution < 1.29 is 33.9 Å². The number of nitrogens with one attached hydrogen (secondary N) is 2. The summed E-state index contributed by atoms with van der Waals surface area (Å²) in [6.45, 7) is 12.8. The zero-order valence-corrected chi connectivity index (χ0v) is 34.0. The fraction of sp³-hybridized carbons (Fsp3) is 0.415. The number of methoxy groups -OCH3 is 1. The highest BCUT2D eigenvalue weighted by molar-refractivity contribution is 6.58. The second-order valence-electron chi connectivity index (χ2n) is 15.4. The van der Waals surface area contributed by atoms with Gasteiger partial charge in [-0.25, -0.2) is 9.87 Å². The highest BCUT2D eigenvalue weighted by atomic mass is 28.3. The first-order valence-corrected chi connectivity index (χ1v) is 21.3. The van der Waals surface area contributed by atoms with Crippen molar-refractivity contribution in [2.24, 2.45) is 5.92 Å². The number of anilines is 1. The molecule has 292 valence electrons. The highest BCUT2D eigenvalue weighted by Gasteiger charge is 2.87. The van der Waals surface area contributed by atoms with Crippen LogP contribution < -0.4 is 10.9 Å². The number of rotatable bonds is 13. The van der Waals surface area contributed by atoms with Crippen LogP contribution in [0.3, 0.4) is 0 Å². The second-order valence-corrected chi connectivity index (χ2v) is 18.4. The molecule has 0 aliphatic carbocycles. The third-order valence-corrected chi connectivity index (χ3v) is 12.7. The Balaban J connectivity index is 1.96. The Morgan fingerprint density at radius 2 is 1.49 bits per heavy atom. The smallest absolute Gasteiger partial charge is 0.280 e. The number of H-pyrrole nitrogens is 1. The van der Waals surface area contributed by atoms with Gasteiger partial charge in [0.05, 0.1) is 31.1 Å². The van der Waals surface area contributed by atoms with Crippen LogP contribution in [0.5, 0.6) is 0 Å². The fourth-order valence-corrected chi connectivity index (χ4v) is 10.9. The number of hydrogen-bond donors (Lipinski definition) is 3. The Hall–Kier alpha value is -4.54. The van der Waals surface area contributed by atoms with Gasteiger partial charge in [-0.1, -0.05) is 118 Å². The molecule has 13 nitrogen and oxygen atoms in total. The molecule has 0 spiro atoms. The third-order valence-electron chi connectivity index (χ3n) is 10.3. The van der Waals surface area contributed by atoms with Gasteiger partial charge in [-0.15, -0.1) is 0 Å². The van der Waals surface area contributed by atoms with Gasteiger partial charge in [0.25, 0.3) is 11.3 Å². The molecule has 1 amide bonds. The Morgan fingerprint density at radius 3 is 1.91 bits per heavy atom. The van der Waals surface area contributed by atoms with E-state index in [1.807, 2.05) is 112 Å². The minimum Gasteiger partial charge on any atom is -0.393 e. The zero-order valence-electron chi connectivity index (χ0n) is 32.8. The molecule has 3 N–H and O–H groups in total. The summed E-state index contributed by atoms with van der Waals surface area (Å²) in [6.07, 6.45) is 0.234. The van der Waals surface area contributed by atoms with E-state index in [-0.39, 0.29) is 23.0 Å². The topological polar surface area (TPSA) is 159 Å². The summed E-state index contributed by atoms with van der Waals surface area (Å²) in [5.41, 5.74) is -2.51. The van der Waals surface area contributed by atoms with Crippen LogP contribution in [0.1, 0.15) is 51.3 Å². The van der Waals surface area contributed by atoms with Gasteiger partial charge >= 0.3 is 0 Å². The zero-order chi connectivity index (χ0) is 39.8. The molecule has 0 unspecified atom stereocenters. The number of hydrogen-bond acceptors (Lipinski definition) is 10. The van der Waals surface area contributed by atoms with Gasteiger partial charge < -0.3 is 19.3 Å². The Labute approximate surface area is 322 Å². The molecule has 0 bridgehead atoms. The van der Waals surface area contributed by atoms with Crippen LogP contribution in [-0.2, 0) is 39.5 Å². The lowest BCUT2D eigenvalue weighted by Crippen LogP contribution is -2.80. The van der Waals surface area contributed by atoms with Gasteiger partial charge in [-0.05, 0) is 37.5 Å². The van der Waals surface area contributed by atoms with Gasteiger partial charge in [0.15, 0.2) is 22.1 Å². The molecule has 0 radical (unpaired) electrons. The molecule has 14 heteroatoms. The van der Waals surface area contributed by atoms with Crippen molar-refractivity contribution in [2.75, 3.05) is 26.1 Å². The maximum atomic E-state index is 13.8. The SMILES string of the molecule is COO[C@]1(OC)[C@@H](CO)O[C@](n2cnc3c(=O)[nH]c(NC(=O)C(C)C)nc32)([SiH](C)C)[C@@]1(OC(C)(C)C)C(c1ccccc1)(c1ccccc1)c1ccccc1. The summed E-state index contributed by atoms with van der Waals surface area (Å²) in [6, 6.07) is 29.7. The van der Waals surface area contributed by atoms with Crippen molar-refractivity contribution in [3.63, 3.8) is 0 Å². The van der Waals surface area contributed by atoms with E-state index in [0.717, 1.165) is 16.7 Å². The molecule has 2 aromatic heterocycles. The number of ether oxygens (including phenoxy) is 3. The lowest BCUT2D eigenvalue weighted by atomic mass is 9.55. The number of carbonyl (C=O) groups is 1. The van der Waals surface area contributed by atoms with E-state index in [4.69, 9.17) is 29.0 Å². The molecular weight excluding hydrogens is 719 g/mol. The van der Waals surface area contributed by atoms with E-state index in [1.165, 1.54) is 20.5 Å². The van der Waals surface area contributed by atoms with Gasteiger partial charge in [-0.2, -0.15) is 9.87 Å². The Kier molecular flexibility index (Phi) is 11.1. The maximum Gasteiger partial charge on any atom is 0.280 e. The van der Waals surface area contributed by atoms with E-state index in [1.54, 1.807) is 18.4 Å². The minimum atomic E-state index is -2.58. The van der Waals surface area contributed by atoms with Crippen LogP contribution in [0, 0.1) is 5.92 Å². The van der Waals surface area contributed by atoms with Crippen LogP contribution in [0.2, 0.25) is 13.1 Å². The normalized spacial score (nSPS) is 23.2. The molecule has 1 aliphatic rings. The first-order chi connectivity index (χ1) is 26.2. The second kappa shape index (κ2) is 15.2. The van der Waals surface area contributed by atoms with Crippen LogP contribution >= 0.6 is 0 Å². The van der Waals surface area contributed by atoms with Crippen molar-refractivity contribution in [2.45, 2.75) is 81.6 Å². The summed E-state index contributed by atoms with van der Waals surface area (Å²) in [7, 11) is 0.263. The van der Waals surface area contributed by atoms with E-state index >= 15 is 0 Å². The van der Waals surface area contributed by atoms with Crippen molar-refractivity contribution >= 4 is 31.8 Å². The van der Waals surface area contributed by atoms with Crippen LogP contribution in [0.25, 0.3) is 11.2 Å². The average molecular weight is 770 g/mol. The number of imidazole rings is 1. The lowest BCUT2D eigenvalue weighted by Gasteiger charge is -2.62. The van der Waals surface area contributed by atoms with E-state index < -0.39 is 60.7 Å². The summed E-state index contributed by atoms with van der Waals surface area (Å²) < 4.78 is 23.7. The first-order valence-electron chi connectivity index (χ1n) is 18.4. The molecule has 1 saturated heterocycles. The summed E-state index contributed by atoms with van der Waals surface area (Å²) in [5, 5.41) is 12.5. The lowest BCUT2D eigenvalue weighted by molar-refractivity contribution is -0.469. The molecular formula is C41H51N5O8Si. The number of aliphatic hydroxyl groups is 1. The molecule has 1 fully saturated rings. The molecule has 4 atom stereocenters. The maximum absolute atomic E-state index is 13.8. The molecule has 0 saturated carbocycles. The van der Waals surface area contributed by atoms with Crippen LogP contribution in [0.15, 0.2) is 102 Å². The minimum absolute atomic E-state index is 0.00214. The fourth-order valence-electron chi connectivity index (χ4n) is 8.46. The van der Waals surface area contributed by atoms with Crippen molar-refractivity contribution in [1.82, 2.24) is 19.5 Å². The number of benzene rings is 3. The van der Waals surface area contributed by atoms with Gasteiger partial charge in [-0.3, -0.25) is 24.5 Å². The molecule has 5 aromatic rings. The molecule has 3 aromatic carbocycles. The van der Waals surface area contributed by atoms with Crippen molar-refractivity contribution in [1.29, 1.82) is 0 Å². The molecule has 1 aliphatic heterocycles. The predicted octanol–water partition coefficient (Wildman–Crippen LogP) is 5.29.